The number of aromatic nitrogens is 3. The van der Waals surface area contributed by atoms with Crippen LogP contribution in [0, 0.1) is 0 Å². The molecule has 0 amide bonds. The van der Waals surface area contributed by atoms with Crippen molar-refractivity contribution in [3.63, 3.8) is 0 Å². The second-order valence-corrected chi connectivity index (χ2v) is 5.79. The van der Waals surface area contributed by atoms with E-state index in [1.54, 1.807) is 12.2 Å². The van der Waals surface area contributed by atoms with Crippen LogP contribution in [-0.2, 0) is 0 Å². The molecule has 1 aromatic carbocycles. The fourth-order valence-corrected chi connectivity index (χ4v) is 2.40. The first-order valence-electron chi connectivity index (χ1n) is 8.90. The zero-order valence-corrected chi connectivity index (χ0v) is 16.3. The number of hydrogen-bond donors (Lipinski definition) is 2. The van der Waals surface area contributed by atoms with E-state index >= 15 is 0 Å². The van der Waals surface area contributed by atoms with Gasteiger partial charge in [-0.1, -0.05) is 80.4 Å². The van der Waals surface area contributed by atoms with E-state index in [1.165, 1.54) is 12.2 Å². The summed E-state index contributed by atoms with van der Waals surface area (Å²) in [6.07, 6.45) is 10.9. The summed E-state index contributed by atoms with van der Waals surface area (Å²) in [5.74, 6) is 0.667. The summed E-state index contributed by atoms with van der Waals surface area (Å²) >= 11 is 0. The van der Waals surface area contributed by atoms with Crippen LogP contribution < -0.4 is 0 Å². The molecule has 0 fully saturated rings. The Morgan fingerprint density at radius 1 is 0.931 bits per heavy atom. The SMILES string of the molecule is C=C/C=C\C(=C/C)c1nc(/C(C=C)=C(O)/C=C(/O)C=C)nc(-c2ccccc2)n1. The van der Waals surface area contributed by atoms with E-state index in [0.717, 1.165) is 17.2 Å². The highest BCUT2D eigenvalue weighted by Crippen LogP contribution is 2.23. The highest BCUT2D eigenvalue weighted by molar-refractivity contribution is 5.76. The Labute approximate surface area is 170 Å². The number of rotatable bonds is 8. The first kappa shape index (κ1) is 21.3. The smallest absolute Gasteiger partial charge is 0.167 e. The predicted molar refractivity (Wildman–Crippen MR) is 119 cm³/mol. The summed E-state index contributed by atoms with van der Waals surface area (Å²) in [7, 11) is 0. The van der Waals surface area contributed by atoms with Crippen LogP contribution in [0.15, 0.2) is 104 Å². The molecule has 0 saturated carbocycles. The van der Waals surface area contributed by atoms with Crippen LogP contribution in [0.4, 0.5) is 0 Å². The van der Waals surface area contributed by atoms with Gasteiger partial charge in [0.1, 0.15) is 11.5 Å². The molecule has 2 N–H and O–H groups in total. The van der Waals surface area contributed by atoms with E-state index < -0.39 is 0 Å². The number of benzene rings is 1. The zero-order chi connectivity index (χ0) is 21.2. The van der Waals surface area contributed by atoms with Crippen LogP contribution in [0.1, 0.15) is 18.6 Å². The van der Waals surface area contributed by atoms with E-state index in [2.05, 4.69) is 34.7 Å². The number of aliphatic hydroxyl groups is 2. The average molecular weight is 385 g/mol. The Morgan fingerprint density at radius 2 is 1.62 bits per heavy atom. The van der Waals surface area contributed by atoms with Crippen molar-refractivity contribution in [2.45, 2.75) is 6.92 Å². The van der Waals surface area contributed by atoms with Gasteiger partial charge in [-0.3, -0.25) is 0 Å². The fourth-order valence-electron chi connectivity index (χ4n) is 2.40. The number of nitrogens with zero attached hydrogens (tertiary/aromatic N) is 3. The minimum absolute atomic E-state index is 0.192. The molecule has 0 atom stereocenters. The summed E-state index contributed by atoms with van der Waals surface area (Å²) in [6.45, 7) is 12.8. The van der Waals surface area contributed by atoms with Crippen molar-refractivity contribution < 1.29 is 10.2 Å². The van der Waals surface area contributed by atoms with Gasteiger partial charge in [0.2, 0.25) is 0 Å². The highest BCUT2D eigenvalue weighted by atomic mass is 16.3. The van der Waals surface area contributed by atoms with Gasteiger partial charge in [-0.25, -0.2) is 15.0 Å². The van der Waals surface area contributed by atoms with Gasteiger partial charge < -0.3 is 10.2 Å². The van der Waals surface area contributed by atoms with E-state index in [-0.39, 0.29) is 22.9 Å². The minimum atomic E-state index is -0.239. The van der Waals surface area contributed by atoms with Gasteiger partial charge in [0.05, 0.1) is 5.57 Å². The molecule has 1 aromatic heterocycles. The lowest BCUT2D eigenvalue weighted by Crippen LogP contribution is -2.05. The Hall–Kier alpha value is -3.99. The molecule has 5 heteroatoms. The fraction of sp³-hybridized carbons (Fsp3) is 0.0417. The maximum absolute atomic E-state index is 10.4. The molecule has 0 bridgehead atoms. The van der Waals surface area contributed by atoms with Crippen molar-refractivity contribution in [3.8, 4) is 11.4 Å². The first-order chi connectivity index (χ1) is 14.0. The third-order valence-electron chi connectivity index (χ3n) is 3.86. The lowest BCUT2D eigenvalue weighted by molar-refractivity contribution is 0.406. The zero-order valence-electron chi connectivity index (χ0n) is 16.3. The maximum atomic E-state index is 10.4. The normalized spacial score (nSPS) is 13.1. The van der Waals surface area contributed by atoms with Gasteiger partial charge >= 0.3 is 0 Å². The minimum Gasteiger partial charge on any atom is -0.508 e. The van der Waals surface area contributed by atoms with Crippen LogP contribution >= 0.6 is 0 Å². The number of hydrogen-bond acceptors (Lipinski definition) is 5. The van der Waals surface area contributed by atoms with E-state index in [9.17, 15) is 10.2 Å². The molecule has 0 aliphatic heterocycles. The van der Waals surface area contributed by atoms with Gasteiger partial charge in [0, 0.05) is 17.2 Å². The Balaban J connectivity index is 2.77. The third kappa shape index (κ3) is 5.49. The lowest BCUT2D eigenvalue weighted by Gasteiger charge is -2.10. The van der Waals surface area contributed by atoms with Crippen LogP contribution in [0.25, 0.3) is 22.5 Å². The molecule has 0 saturated heterocycles. The molecule has 146 valence electrons. The highest BCUT2D eigenvalue weighted by Gasteiger charge is 2.15. The van der Waals surface area contributed by atoms with Crippen molar-refractivity contribution in [2.24, 2.45) is 0 Å². The summed E-state index contributed by atoms with van der Waals surface area (Å²) < 4.78 is 0. The van der Waals surface area contributed by atoms with Gasteiger partial charge in [0.25, 0.3) is 0 Å². The van der Waals surface area contributed by atoms with Crippen molar-refractivity contribution in [3.05, 3.63) is 116 Å². The van der Waals surface area contributed by atoms with Crippen molar-refractivity contribution in [1.82, 2.24) is 15.0 Å². The molecule has 5 nitrogen and oxygen atoms in total. The molecule has 0 aliphatic rings. The van der Waals surface area contributed by atoms with E-state index in [4.69, 9.17) is 0 Å². The van der Waals surface area contributed by atoms with Gasteiger partial charge in [0.15, 0.2) is 17.5 Å². The molecular weight excluding hydrogens is 362 g/mol. The van der Waals surface area contributed by atoms with Crippen LogP contribution in [0.2, 0.25) is 0 Å². The summed E-state index contributed by atoms with van der Waals surface area (Å²) in [4.78, 5) is 13.6. The topological polar surface area (TPSA) is 79.1 Å². The average Bonchev–Trinajstić information content (AvgIpc) is 2.75. The Kier molecular flexibility index (Phi) is 7.62. The molecule has 0 aliphatic carbocycles. The summed E-state index contributed by atoms with van der Waals surface area (Å²) in [5.41, 5.74) is 1.81. The van der Waals surface area contributed by atoms with Crippen molar-refractivity contribution in [1.29, 1.82) is 0 Å². The summed E-state index contributed by atoms with van der Waals surface area (Å²) in [6, 6.07) is 9.45. The van der Waals surface area contributed by atoms with Gasteiger partial charge in [-0.05, 0) is 13.0 Å². The molecule has 2 rings (SSSR count). The van der Waals surface area contributed by atoms with Crippen molar-refractivity contribution in [2.75, 3.05) is 0 Å². The monoisotopic (exact) mass is 385 g/mol. The van der Waals surface area contributed by atoms with Gasteiger partial charge in [-0.15, -0.1) is 0 Å². The summed E-state index contributed by atoms with van der Waals surface area (Å²) in [5, 5.41) is 20.1. The first-order valence-corrected chi connectivity index (χ1v) is 8.90. The van der Waals surface area contributed by atoms with E-state index in [0.29, 0.717) is 11.6 Å². The lowest BCUT2D eigenvalue weighted by atomic mass is 10.1. The van der Waals surface area contributed by atoms with E-state index in [1.807, 2.05) is 49.4 Å². The molecule has 0 unspecified atom stereocenters. The predicted octanol–water partition coefficient (Wildman–Crippen LogP) is 5.77. The molecule has 29 heavy (non-hydrogen) atoms. The maximum Gasteiger partial charge on any atom is 0.167 e. The van der Waals surface area contributed by atoms with Crippen LogP contribution in [0.3, 0.4) is 0 Å². The third-order valence-corrected chi connectivity index (χ3v) is 3.86. The number of aliphatic hydroxyl groups excluding tert-OH is 2. The molecule has 0 radical (unpaired) electrons. The second-order valence-electron chi connectivity index (χ2n) is 5.79. The molecule has 1 heterocycles. The quantitative estimate of drug-likeness (QED) is 0.446. The molecular formula is C24H23N3O2. The molecule has 2 aromatic rings. The molecule has 0 spiro atoms. The second kappa shape index (κ2) is 10.4. The van der Waals surface area contributed by atoms with Crippen LogP contribution in [0.5, 0.6) is 0 Å². The Morgan fingerprint density at radius 3 is 2.21 bits per heavy atom. The largest absolute Gasteiger partial charge is 0.508 e. The van der Waals surface area contributed by atoms with Crippen LogP contribution in [-0.4, -0.2) is 25.2 Å². The standard InChI is InChI=1S/C24H23N3O2/c1-5-9-13-17(6-2)22-25-23(18-14-11-10-12-15-18)27-24(26-22)20(8-4)21(29)16-19(28)7-3/h5-16,28-29H,1,3-4H2,2H3/b13-9-,17-6+,19-16+,21-20-. The Bertz CT molecular complexity index is 1030. The van der Waals surface area contributed by atoms with Gasteiger partial charge in [-0.2, -0.15) is 0 Å². The number of allylic oxidation sites excluding steroid dienone is 9. The van der Waals surface area contributed by atoms with Crippen molar-refractivity contribution >= 4 is 11.1 Å².